The van der Waals surface area contributed by atoms with Crippen LogP contribution < -0.4 is 15.8 Å². The third-order valence-electron chi connectivity index (χ3n) is 4.33. The molecule has 7 nitrogen and oxygen atoms in total. The highest BCUT2D eigenvalue weighted by molar-refractivity contribution is 5.84. The first-order valence-electron chi connectivity index (χ1n) is 9.22. The number of alkyl halides is 3. The van der Waals surface area contributed by atoms with Crippen molar-refractivity contribution < 1.29 is 27.4 Å². The molecular formula is C20H25F3N4O3. The van der Waals surface area contributed by atoms with E-state index in [0.717, 1.165) is 0 Å². The predicted octanol–water partition coefficient (Wildman–Crippen LogP) is 4.32. The van der Waals surface area contributed by atoms with Crippen LogP contribution in [0.5, 0.6) is 5.75 Å². The monoisotopic (exact) mass is 426 g/mol. The molecule has 0 radical (unpaired) electrons. The van der Waals surface area contributed by atoms with Crippen LogP contribution in [-0.4, -0.2) is 41.5 Å². The maximum atomic E-state index is 13.4. The molecule has 2 heterocycles. The van der Waals surface area contributed by atoms with Crippen molar-refractivity contribution in [2.45, 2.75) is 38.9 Å². The first-order chi connectivity index (χ1) is 13.9. The van der Waals surface area contributed by atoms with Gasteiger partial charge >= 0.3 is 12.3 Å². The van der Waals surface area contributed by atoms with Crippen molar-refractivity contribution in [1.29, 1.82) is 0 Å². The van der Waals surface area contributed by atoms with Crippen molar-refractivity contribution >= 4 is 11.9 Å². The van der Waals surface area contributed by atoms with E-state index in [9.17, 15) is 18.0 Å². The standard InChI is InChI=1S/C20H25F3N4O3/c1-12(2)10-19(24,20(21,22)23)11-30-16-6-5-15(26-13(16)3)14-7-8-25-17(9-14)27-18(28)29-4/h5-9,12H,10-11,24H2,1-4H3,(H,25,27,28). The molecule has 0 aliphatic carbocycles. The van der Waals surface area contributed by atoms with E-state index in [1.54, 1.807) is 39.0 Å². The van der Waals surface area contributed by atoms with E-state index in [-0.39, 0.29) is 23.9 Å². The van der Waals surface area contributed by atoms with Crippen molar-refractivity contribution in [2.24, 2.45) is 11.7 Å². The Morgan fingerprint density at radius 3 is 2.53 bits per heavy atom. The van der Waals surface area contributed by atoms with E-state index in [2.05, 4.69) is 20.0 Å². The van der Waals surface area contributed by atoms with Crippen molar-refractivity contribution in [2.75, 3.05) is 19.0 Å². The molecule has 0 bridgehead atoms. The zero-order valence-corrected chi connectivity index (χ0v) is 17.2. The molecule has 1 atom stereocenters. The highest BCUT2D eigenvalue weighted by Gasteiger charge is 2.52. The SMILES string of the molecule is COC(=O)Nc1cc(-c2ccc(OCC(N)(CC(C)C)C(F)(F)F)c(C)n2)ccn1. The smallest absolute Gasteiger partial charge is 0.412 e. The Balaban J connectivity index is 2.19. The van der Waals surface area contributed by atoms with Gasteiger partial charge in [-0.25, -0.2) is 14.8 Å². The van der Waals surface area contributed by atoms with E-state index in [4.69, 9.17) is 10.5 Å². The van der Waals surface area contributed by atoms with Gasteiger partial charge in [0, 0.05) is 11.8 Å². The number of nitrogens with one attached hydrogen (secondary N) is 1. The third-order valence-corrected chi connectivity index (χ3v) is 4.33. The fraction of sp³-hybridized carbons (Fsp3) is 0.450. The van der Waals surface area contributed by atoms with Crippen LogP contribution in [0.25, 0.3) is 11.3 Å². The summed E-state index contributed by atoms with van der Waals surface area (Å²) in [5.74, 6) is 0.232. The Bertz CT molecular complexity index is 890. The Kier molecular flexibility index (Phi) is 7.25. The number of nitrogens with zero attached hydrogens (tertiary/aromatic N) is 2. The lowest BCUT2D eigenvalue weighted by Gasteiger charge is -2.33. The van der Waals surface area contributed by atoms with Crippen LogP contribution in [-0.2, 0) is 4.74 Å². The minimum Gasteiger partial charge on any atom is -0.489 e. The average Bonchev–Trinajstić information content (AvgIpc) is 2.65. The maximum absolute atomic E-state index is 13.4. The summed E-state index contributed by atoms with van der Waals surface area (Å²) in [6.45, 7) is 4.26. The normalized spacial score (nSPS) is 13.6. The van der Waals surface area contributed by atoms with Gasteiger partial charge in [-0.15, -0.1) is 0 Å². The van der Waals surface area contributed by atoms with Crippen molar-refractivity contribution in [3.63, 3.8) is 0 Å². The quantitative estimate of drug-likeness (QED) is 0.684. The van der Waals surface area contributed by atoms with E-state index < -0.39 is 24.4 Å². The number of hydrogen-bond donors (Lipinski definition) is 2. The van der Waals surface area contributed by atoms with Crippen LogP contribution in [0.4, 0.5) is 23.8 Å². The molecule has 0 aliphatic rings. The second-order valence-electron chi connectivity index (χ2n) is 7.37. The number of aromatic nitrogens is 2. The number of aryl methyl sites for hydroxylation is 1. The summed E-state index contributed by atoms with van der Waals surface area (Å²) >= 11 is 0. The summed E-state index contributed by atoms with van der Waals surface area (Å²) in [5.41, 5.74) is 4.77. The summed E-state index contributed by atoms with van der Waals surface area (Å²) in [5, 5.41) is 2.45. The summed E-state index contributed by atoms with van der Waals surface area (Å²) < 4.78 is 50.3. The van der Waals surface area contributed by atoms with Gasteiger partial charge in [0.15, 0.2) is 0 Å². The summed E-state index contributed by atoms with van der Waals surface area (Å²) in [6.07, 6.45) is -4.03. The van der Waals surface area contributed by atoms with Crippen LogP contribution in [0.1, 0.15) is 26.0 Å². The molecule has 0 aromatic carbocycles. The number of carbonyl (C=O) groups excluding carboxylic acids is 1. The average molecular weight is 426 g/mol. The van der Waals surface area contributed by atoms with Crippen LogP contribution in [0.2, 0.25) is 0 Å². The Morgan fingerprint density at radius 2 is 1.97 bits per heavy atom. The molecule has 0 spiro atoms. The minimum atomic E-state index is -4.60. The first-order valence-corrected chi connectivity index (χ1v) is 9.22. The molecule has 30 heavy (non-hydrogen) atoms. The summed E-state index contributed by atoms with van der Waals surface area (Å²) in [6, 6.07) is 6.42. The fourth-order valence-electron chi connectivity index (χ4n) is 2.87. The second-order valence-corrected chi connectivity index (χ2v) is 7.37. The number of methoxy groups -OCH3 is 1. The van der Waals surface area contributed by atoms with Gasteiger partial charge in [0.1, 0.15) is 23.7 Å². The number of ether oxygens (including phenoxy) is 2. The molecule has 0 saturated carbocycles. The van der Waals surface area contributed by atoms with Crippen molar-refractivity contribution in [3.8, 4) is 17.0 Å². The minimum absolute atomic E-state index is 0.212. The fourth-order valence-corrected chi connectivity index (χ4v) is 2.87. The van der Waals surface area contributed by atoms with Crippen molar-refractivity contribution in [3.05, 3.63) is 36.2 Å². The lowest BCUT2D eigenvalue weighted by atomic mass is 9.90. The van der Waals surface area contributed by atoms with Gasteiger partial charge in [-0.05, 0) is 43.5 Å². The summed E-state index contributed by atoms with van der Waals surface area (Å²) in [7, 11) is 1.23. The molecular weight excluding hydrogens is 401 g/mol. The Labute approximate surface area is 172 Å². The number of nitrogens with two attached hydrogens (primary N) is 1. The van der Waals surface area contributed by atoms with E-state index >= 15 is 0 Å². The molecule has 0 fully saturated rings. The highest BCUT2D eigenvalue weighted by atomic mass is 19.4. The number of hydrogen-bond acceptors (Lipinski definition) is 6. The molecule has 1 unspecified atom stereocenters. The molecule has 3 N–H and O–H groups in total. The lowest BCUT2D eigenvalue weighted by molar-refractivity contribution is -0.197. The van der Waals surface area contributed by atoms with Gasteiger partial charge in [-0.1, -0.05) is 13.8 Å². The molecule has 0 saturated heterocycles. The second kappa shape index (κ2) is 9.29. The van der Waals surface area contributed by atoms with Gasteiger partial charge in [0.05, 0.1) is 18.5 Å². The van der Waals surface area contributed by atoms with Gasteiger partial charge in [0.2, 0.25) is 0 Å². The van der Waals surface area contributed by atoms with E-state index in [1.165, 1.54) is 19.4 Å². The summed E-state index contributed by atoms with van der Waals surface area (Å²) in [4.78, 5) is 19.7. The first kappa shape index (κ1) is 23.4. The number of amides is 1. The molecule has 1 amide bonds. The van der Waals surface area contributed by atoms with Gasteiger partial charge in [0.25, 0.3) is 0 Å². The number of pyridine rings is 2. The Morgan fingerprint density at radius 1 is 1.27 bits per heavy atom. The lowest BCUT2D eigenvalue weighted by Crippen LogP contribution is -2.58. The highest BCUT2D eigenvalue weighted by Crippen LogP contribution is 2.34. The van der Waals surface area contributed by atoms with E-state index in [0.29, 0.717) is 17.0 Å². The van der Waals surface area contributed by atoms with Crippen LogP contribution in [0.3, 0.4) is 0 Å². The topological polar surface area (TPSA) is 99.4 Å². The zero-order valence-electron chi connectivity index (χ0n) is 17.2. The molecule has 2 aromatic heterocycles. The molecule has 164 valence electrons. The van der Waals surface area contributed by atoms with Crippen LogP contribution in [0.15, 0.2) is 30.5 Å². The van der Waals surface area contributed by atoms with Gasteiger partial charge < -0.3 is 15.2 Å². The van der Waals surface area contributed by atoms with Crippen molar-refractivity contribution in [1.82, 2.24) is 9.97 Å². The van der Waals surface area contributed by atoms with E-state index in [1.807, 2.05) is 0 Å². The van der Waals surface area contributed by atoms with Crippen LogP contribution in [0, 0.1) is 12.8 Å². The predicted molar refractivity (Wildman–Crippen MR) is 106 cm³/mol. The largest absolute Gasteiger partial charge is 0.489 e. The third kappa shape index (κ3) is 5.82. The van der Waals surface area contributed by atoms with Crippen LogP contribution >= 0.6 is 0 Å². The molecule has 2 aromatic rings. The number of anilines is 1. The molecule has 10 heteroatoms. The van der Waals surface area contributed by atoms with Gasteiger partial charge in [-0.2, -0.15) is 13.2 Å². The Hall–Kier alpha value is -2.88. The number of halogens is 3. The zero-order chi connectivity index (χ0) is 22.5. The molecule has 2 rings (SSSR count). The number of carbonyl (C=O) groups is 1. The molecule has 0 aliphatic heterocycles. The number of rotatable bonds is 7. The maximum Gasteiger partial charge on any atom is 0.412 e. The van der Waals surface area contributed by atoms with Gasteiger partial charge in [-0.3, -0.25) is 5.32 Å².